The van der Waals surface area contributed by atoms with Gasteiger partial charge >= 0.3 is 0 Å². The Morgan fingerprint density at radius 1 is 1.12 bits per heavy atom. The Morgan fingerprint density at radius 2 is 1.88 bits per heavy atom. The molecule has 1 saturated carbocycles. The van der Waals surface area contributed by atoms with E-state index >= 15 is 0 Å². The molecule has 0 atom stereocenters. The topological polar surface area (TPSA) is 54.9 Å². The van der Waals surface area contributed by atoms with Crippen molar-refractivity contribution in [3.8, 4) is 0 Å². The Balaban J connectivity index is 2.23. The van der Waals surface area contributed by atoms with E-state index in [1.165, 1.54) is 25.7 Å². The van der Waals surface area contributed by atoms with Crippen LogP contribution in [0.15, 0.2) is 4.99 Å². The number of nitrogens with zero attached hydrogens (tertiary/aromatic N) is 1. The van der Waals surface area contributed by atoms with Crippen molar-refractivity contribution in [3.63, 3.8) is 0 Å². The molecule has 0 aromatic rings. The molecular weight excluding hydrogens is 302 g/mol. The normalized spacial score (nSPS) is 17.5. The summed E-state index contributed by atoms with van der Waals surface area (Å²) in [7, 11) is 1.84. The zero-order valence-corrected chi connectivity index (χ0v) is 16.3. The van der Waals surface area contributed by atoms with Gasteiger partial charge in [0.1, 0.15) is 0 Å². The first kappa shape index (κ1) is 21.2. The quantitative estimate of drug-likeness (QED) is 0.325. The van der Waals surface area contributed by atoms with Gasteiger partial charge in [0.2, 0.25) is 0 Å². The zero-order chi connectivity index (χ0) is 17.7. The summed E-state index contributed by atoms with van der Waals surface area (Å²) in [5.41, 5.74) is 0.382. The van der Waals surface area contributed by atoms with E-state index in [-0.39, 0.29) is 0 Å². The van der Waals surface area contributed by atoms with Gasteiger partial charge in [-0.15, -0.1) is 0 Å². The lowest BCUT2D eigenvalue weighted by atomic mass is 9.83. The molecule has 0 heterocycles. The van der Waals surface area contributed by atoms with E-state index in [2.05, 4.69) is 36.4 Å². The van der Waals surface area contributed by atoms with E-state index in [1.54, 1.807) is 0 Å². The van der Waals surface area contributed by atoms with Gasteiger partial charge in [0.25, 0.3) is 0 Å². The van der Waals surface area contributed by atoms with Crippen LogP contribution in [-0.4, -0.2) is 52.5 Å². The van der Waals surface area contributed by atoms with Gasteiger partial charge in [-0.1, -0.05) is 26.7 Å². The number of guanidine groups is 1. The Kier molecular flexibility index (Phi) is 11.1. The van der Waals surface area contributed by atoms with Crippen LogP contribution in [0.5, 0.6) is 0 Å². The van der Waals surface area contributed by atoms with Crippen molar-refractivity contribution in [3.05, 3.63) is 0 Å². The molecule has 0 aliphatic heterocycles. The molecule has 0 unspecified atom stereocenters. The fourth-order valence-corrected chi connectivity index (χ4v) is 3.27. The maximum Gasteiger partial charge on any atom is 0.190 e. The van der Waals surface area contributed by atoms with Gasteiger partial charge in [-0.3, -0.25) is 4.99 Å². The molecule has 1 aliphatic rings. The van der Waals surface area contributed by atoms with Crippen LogP contribution in [0, 0.1) is 11.3 Å². The highest BCUT2D eigenvalue weighted by Crippen LogP contribution is 2.40. The maximum atomic E-state index is 5.61. The molecule has 0 radical (unpaired) electrons. The first-order valence-electron chi connectivity index (χ1n) is 9.72. The molecule has 0 aromatic carbocycles. The SMILES string of the molecule is CCOCCC1(CNC(=NC)NCCCOCC(C)C)CCCC1. The van der Waals surface area contributed by atoms with Crippen LogP contribution in [-0.2, 0) is 9.47 Å². The van der Waals surface area contributed by atoms with E-state index in [4.69, 9.17) is 9.47 Å². The van der Waals surface area contributed by atoms with Crippen molar-refractivity contribution >= 4 is 5.96 Å². The highest BCUT2D eigenvalue weighted by Gasteiger charge is 2.33. The van der Waals surface area contributed by atoms with Crippen molar-refractivity contribution in [2.45, 2.75) is 59.3 Å². The maximum absolute atomic E-state index is 5.61. The molecule has 5 heteroatoms. The summed E-state index contributed by atoms with van der Waals surface area (Å²) in [4.78, 5) is 4.34. The summed E-state index contributed by atoms with van der Waals surface area (Å²) in [6, 6.07) is 0. The number of hydrogen-bond donors (Lipinski definition) is 2. The third-order valence-corrected chi connectivity index (χ3v) is 4.71. The first-order valence-corrected chi connectivity index (χ1v) is 9.72. The fourth-order valence-electron chi connectivity index (χ4n) is 3.27. The Bertz CT molecular complexity index is 340. The van der Waals surface area contributed by atoms with E-state index in [0.717, 1.165) is 58.3 Å². The summed E-state index contributed by atoms with van der Waals surface area (Å²) in [5, 5.41) is 6.92. The number of hydrogen-bond acceptors (Lipinski definition) is 3. The second kappa shape index (κ2) is 12.5. The monoisotopic (exact) mass is 341 g/mol. The van der Waals surface area contributed by atoms with Crippen LogP contribution >= 0.6 is 0 Å². The van der Waals surface area contributed by atoms with E-state index in [1.807, 2.05) is 7.05 Å². The molecule has 5 nitrogen and oxygen atoms in total. The molecule has 2 N–H and O–H groups in total. The standard InChI is InChI=1S/C19H39N3O2/c1-5-23-14-11-19(9-6-7-10-19)16-22-18(20-4)21-12-8-13-24-15-17(2)3/h17H,5-16H2,1-4H3,(H2,20,21,22). The van der Waals surface area contributed by atoms with Gasteiger partial charge in [0, 0.05) is 46.6 Å². The van der Waals surface area contributed by atoms with Gasteiger partial charge in [0.15, 0.2) is 5.96 Å². The summed E-state index contributed by atoms with van der Waals surface area (Å²) in [6.07, 6.45) is 7.43. The Labute approximate surface area is 149 Å². The second-order valence-corrected chi connectivity index (χ2v) is 7.33. The lowest BCUT2D eigenvalue weighted by molar-refractivity contribution is 0.104. The molecular formula is C19H39N3O2. The van der Waals surface area contributed by atoms with Crippen LogP contribution < -0.4 is 10.6 Å². The summed E-state index contributed by atoms with van der Waals surface area (Å²) in [5.74, 6) is 1.51. The van der Waals surface area contributed by atoms with E-state index in [0.29, 0.717) is 11.3 Å². The van der Waals surface area contributed by atoms with Crippen LogP contribution in [0.2, 0.25) is 0 Å². The number of aliphatic imine (C=N–C) groups is 1. The third kappa shape index (κ3) is 8.88. The van der Waals surface area contributed by atoms with Gasteiger partial charge in [-0.05, 0) is 43.9 Å². The smallest absolute Gasteiger partial charge is 0.190 e. The van der Waals surface area contributed by atoms with Crippen LogP contribution in [0.1, 0.15) is 59.3 Å². The van der Waals surface area contributed by atoms with Crippen LogP contribution in [0.3, 0.4) is 0 Å². The minimum Gasteiger partial charge on any atom is -0.382 e. The Morgan fingerprint density at radius 3 is 2.50 bits per heavy atom. The predicted octanol–water partition coefficient (Wildman–Crippen LogP) is 3.20. The molecule has 0 aromatic heterocycles. The lowest BCUT2D eigenvalue weighted by Gasteiger charge is -2.30. The van der Waals surface area contributed by atoms with Crippen LogP contribution in [0.25, 0.3) is 0 Å². The molecule has 0 amide bonds. The van der Waals surface area contributed by atoms with Gasteiger partial charge < -0.3 is 20.1 Å². The van der Waals surface area contributed by atoms with Gasteiger partial charge in [0.05, 0.1) is 0 Å². The Hall–Kier alpha value is -0.810. The molecule has 0 bridgehead atoms. The van der Waals surface area contributed by atoms with Crippen molar-refractivity contribution < 1.29 is 9.47 Å². The molecule has 24 heavy (non-hydrogen) atoms. The second-order valence-electron chi connectivity index (χ2n) is 7.33. The van der Waals surface area contributed by atoms with Gasteiger partial charge in [-0.25, -0.2) is 0 Å². The van der Waals surface area contributed by atoms with Gasteiger partial charge in [-0.2, -0.15) is 0 Å². The summed E-state index contributed by atoms with van der Waals surface area (Å²) < 4.78 is 11.2. The number of ether oxygens (including phenoxy) is 2. The largest absolute Gasteiger partial charge is 0.382 e. The van der Waals surface area contributed by atoms with Crippen molar-refractivity contribution in [2.24, 2.45) is 16.3 Å². The molecule has 142 valence electrons. The lowest BCUT2D eigenvalue weighted by Crippen LogP contribution is -2.43. The molecule has 0 saturated heterocycles. The summed E-state index contributed by atoms with van der Waals surface area (Å²) >= 11 is 0. The zero-order valence-electron chi connectivity index (χ0n) is 16.3. The minimum atomic E-state index is 0.382. The number of rotatable bonds is 12. The average Bonchev–Trinajstić information content (AvgIpc) is 3.02. The molecule has 1 fully saturated rings. The molecule has 0 spiro atoms. The third-order valence-electron chi connectivity index (χ3n) is 4.71. The predicted molar refractivity (Wildman–Crippen MR) is 102 cm³/mol. The average molecular weight is 342 g/mol. The fraction of sp³-hybridized carbons (Fsp3) is 0.947. The number of nitrogens with one attached hydrogen (secondary N) is 2. The minimum absolute atomic E-state index is 0.382. The highest BCUT2D eigenvalue weighted by atomic mass is 16.5. The van der Waals surface area contributed by atoms with Crippen molar-refractivity contribution in [1.82, 2.24) is 10.6 Å². The van der Waals surface area contributed by atoms with Crippen molar-refractivity contribution in [1.29, 1.82) is 0 Å². The first-order chi connectivity index (χ1) is 11.6. The van der Waals surface area contributed by atoms with Crippen molar-refractivity contribution in [2.75, 3.05) is 46.6 Å². The highest BCUT2D eigenvalue weighted by molar-refractivity contribution is 5.79. The van der Waals surface area contributed by atoms with E-state index in [9.17, 15) is 0 Å². The molecule has 1 rings (SSSR count). The summed E-state index contributed by atoms with van der Waals surface area (Å²) in [6.45, 7) is 11.6. The molecule has 1 aliphatic carbocycles. The van der Waals surface area contributed by atoms with Crippen LogP contribution in [0.4, 0.5) is 0 Å². The van der Waals surface area contributed by atoms with E-state index < -0.39 is 0 Å².